The number of hydrogen-bond acceptors (Lipinski definition) is 5. The third-order valence-electron chi connectivity index (χ3n) is 3.34. The molecular weight excluding hydrogens is 252 g/mol. The monoisotopic (exact) mass is 270 g/mol. The van der Waals surface area contributed by atoms with Crippen molar-refractivity contribution in [1.82, 2.24) is 9.97 Å². The van der Waals surface area contributed by atoms with E-state index in [0.29, 0.717) is 18.3 Å². The fourth-order valence-corrected chi connectivity index (χ4v) is 2.04. The Morgan fingerprint density at radius 1 is 1.25 bits per heavy atom. The van der Waals surface area contributed by atoms with E-state index in [1.54, 1.807) is 13.2 Å². The molecule has 3 N–H and O–H groups in total. The Balaban J connectivity index is 1.67. The number of aromatic nitrogens is 2. The molecular formula is C15H18N4O. The number of nitrogens with zero attached hydrogens (tertiary/aromatic N) is 2. The first-order chi connectivity index (χ1) is 9.74. The molecule has 1 aromatic carbocycles. The standard InChI is InChI=1S/C15H18N4O/c1-20-12-6-2-10(3-7-12)9-17-14-8-13(16)18-15(19-14)11-4-5-11/h2-3,6-8,11H,4-5,9H2,1H3,(H3,16,17,18,19). The van der Waals surface area contributed by atoms with Gasteiger partial charge < -0.3 is 15.8 Å². The first-order valence-electron chi connectivity index (χ1n) is 6.76. The van der Waals surface area contributed by atoms with Gasteiger partial charge in [-0.2, -0.15) is 0 Å². The highest BCUT2D eigenvalue weighted by Crippen LogP contribution is 2.38. The van der Waals surface area contributed by atoms with Crippen LogP contribution in [0.5, 0.6) is 5.75 Å². The third kappa shape index (κ3) is 2.99. The van der Waals surface area contributed by atoms with E-state index >= 15 is 0 Å². The Morgan fingerprint density at radius 2 is 2.00 bits per heavy atom. The molecule has 1 aliphatic rings. The minimum absolute atomic E-state index is 0.500. The Hall–Kier alpha value is -2.30. The maximum absolute atomic E-state index is 5.82. The molecule has 3 rings (SSSR count). The molecule has 0 saturated heterocycles. The van der Waals surface area contributed by atoms with E-state index < -0.39 is 0 Å². The van der Waals surface area contributed by atoms with Gasteiger partial charge in [0, 0.05) is 18.5 Å². The minimum Gasteiger partial charge on any atom is -0.497 e. The molecule has 0 atom stereocenters. The van der Waals surface area contributed by atoms with E-state index in [1.807, 2.05) is 24.3 Å². The van der Waals surface area contributed by atoms with E-state index in [9.17, 15) is 0 Å². The number of ether oxygens (including phenoxy) is 1. The Labute approximate surface area is 118 Å². The topological polar surface area (TPSA) is 73.1 Å². The maximum atomic E-state index is 5.82. The van der Waals surface area contributed by atoms with Gasteiger partial charge in [-0.15, -0.1) is 0 Å². The molecule has 1 fully saturated rings. The summed E-state index contributed by atoms with van der Waals surface area (Å²) in [5, 5.41) is 3.29. The second-order valence-electron chi connectivity index (χ2n) is 5.01. The lowest BCUT2D eigenvalue weighted by Gasteiger charge is -2.08. The van der Waals surface area contributed by atoms with Crippen molar-refractivity contribution in [3.05, 3.63) is 41.7 Å². The number of nitrogen functional groups attached to an aromatic ring is 1. The highest BCUT2D eigenvalue weighted by atomic mass is 16.5. The first-order valence-corrected chi connectivity index (χ1v) is 6.76. The van der Waals surface area contributed by atoms with Crippen LogP contribution in [0.15, 0.2) is 30.3 Å². The zero-order chi connectivity index (χ0) is 13.9. The van der Waals surface area contributed by atoms with Crippen LogP contribution in [0.2, 0.25) is 0 Å². The molecule has 1 aromatic heterocycles. The molecule has 104 valence electrons. The zero-order valence-corrected chi connectivity index (χ0v) is 11.5. The predicted octanol–water partition coefficient (Wildman–Crippen LogP) is 2.56. The van der Waals surface area contributed by atoms with Crippen LogP contribution in [-0.4, -0.2) is 17.1 Å². The van der Waals surface area contributed by atoms with Gasteiger partial charge in [0.2, 0.25) is 0 Å². The number of rotatable bonds is 5. The Morgan fingerprint density at radius 3 is 2.65 bits per heavy atom. The van der Waals surface area contributed by atoms with Crippen LogP contribution in [-0.2, 0) is 6.54 Å². The quantitative estimate of drug-likeness (QED) is 0.873. The van der Waals surface area contributed by atoms with Gasteiger partial charge in [0.25, 0.3) is 0 Å². The number of hydrogen-bond donors (Lipinski definition) is 2. The smallest absolute Gasteiger partial charge is 0.136 e. The average Bonchev–Trinajstić information content (AvgIpc) is 3.30. The molecule has 0 spiro atoms. The fourth-order valence-electron chi connectivity index (χ4n) is 2.04. The van der Waals surface area contributed by atoms with E-state index in [0.717, 1.165) is 23.0 Å². The molecule has 1 saturated carbocycles. The number of benzene rings is 1. The van der Waals surface area contributed by atoms with Crippen LogP contribution in [0.25, 0.3) is 0 Å². The van der Waals surface area contributed by atoms with Crippen molar-refractivity contribution in [3.8, 4) is 5.75 Å². The summed E-state index contributed by atoms with van der Waals surface area (Å²) in [6.45, 7) is 0.699. The minimum atomic E-state index is 0.500. The zero-order valence-electron chi connectivity index (χ0n) is 11.5. The van der Waals surface area contributed by atoms with Crippen LogP contribution in [0.1, 0.15) is 30.1 Å². The summed E-state index contributed by atoms with van der Waals surface area (Å²) < 4.78 is 5.14. The summed E-state index contributed by atoms with van der Waals surface area (Å²) in [6, 6.07) is 9.72. The molecule has 1 heterocycles. The van der Waals surface area contributed by atoms with E-state index in [4.69, 9.17) is 10.5 Å². The highest BCUT2D eigenvalue weighted by Gasteiger charge is 2.27. The van der Waals surface area contributed by atoms with Gasteiger partial charge in [0.05, 0.1) is 7.11 Å². The average molecular weight is 270 g/mol. The second-order valence-corrected chi connectivity index (χ2v) is 5.01. The predicted molar refractivity (Wildman–Crippen MR) is 78.7 cm³/mol. The van der Waals surface area contributed by atoms with Gasteiger partial charge in [0.1, 0.15) is 23.2 Å². The van der Waals surface area contributed by atoms with Crippen LogP contribution >= 0.6 is 0 Å². The first kappa shape index (κ1) is 12.7. The summed E-state index contributed by atoms with van der Waals surface area (Å²) in [5.74, 6) is 3.53. The van der Waals surface area contributed by atoms with Gasteiger partial charge >= 0.3 is 0 Å². The van der Waals surface area contributed by atoms with Crippen molar-refractivity contribution in [1.29, 1.82) is 0 Å². The maximum Gasteiger partial charge on any atom is 0.136 e. The number of nitrogens with one attached hydrogen (secondary N) is 1. The van der Waals surface area contributed by atoms with Crippen LogP contribution in [0.3, 0.4) is 0 Å². The van der Waals surface area contributed by atoms with Crippen LogP contribution < -0.4 is 15.8 Å². The second kappa shape index (κ2) is 5.36. The molecule has 0 bridgehead atoms. The normalized spacial score (nSPS) is 14.1. The Kier molecular flexibility index (Phi) is 3.41. The van der Waals surface area contributed by atoms with E-state index in [2.05, 4.69) is 15.3 Å². The van der Waals surface area contributed by atoms with Gasteiger partial charge in [0.15, 0.2) is 0 Å². The Bertz CT molecular complexity index is 593. The number of anilines is 2. The molecule has 1 aliphatic carbocycles. The molecule has 5 nitrogen and oxygen atoms in total. The largest absolute Gasteiger partial charge is 0.497 e. The lowest BCUT2D eigenvalue weighted by Crippen LogP contribution is -2.06. The van der Waals surface area contributed by atoms with Crippen LogP contribution in [0.4, 0.5) is 11.6 Å². The lowest BCUT2D eigenvalue weighted by molar-refractivity contribution is 0.414. The molecule has 0 radical (unpaired) electrons. The van der Waals surface area contributed by atoms with Crippen molar-refractivity contribution >= 4 is 11.6 Å². The summed E-state index contributed by atoms with van der Waals surface area (Å²) >= 11 is 0. The molecule has 0 amide bonds. The summed E-state index contributed by atoms with van der Waals surface area (Å²) in [6.07, 6.45) is 2.34. The van der Waals surface area contributed by atoms with Gasteiger partial charge in [-0.1, -0.05) is 12.1 Å². The fraction of sp³-hybridized carbons (Fsp3) is 0.333. The summed E-state index contributed by atoms with van der Waals surface area (Å²) in [5.41, 5.74) is 6.99. The van der Waals surface area contributed by atoms with Gasteiger partial charge in [-0.3, -0.25) is 0 Å². The van der Waals surface area contributed by atoms with Gasteiger partial charge in [-0.25, -0.2) is 9.97 Å². The van der Waals surface area contributed by atoms with Crippen molar-refractivity contribution in [2.75, 3.05) is 18.2 Å². The van der Waals surface area contributed by atoms with Crippen molar-refractivity contribution in [2.45, 2.75) is 25.3 Å². The lowest BCUT2D eigenvalue weighted by atomic mass is 10.2. The SMILES string of the molecule is COc1ccc(CNc2cc(N)nc(C3CC3)n2)cc1. The van der Waals surface area contributed by atoms with Crippen molar-refractivity contribution < 1.29 is 4.74 Å². The van der Waals surface area contributed by atoms with Gasteiger partial charge in [-0.05, 0) is 30.5 Å². The summed E-state index contributed by atoms with van der Waals surface area (Å²) in [7, 11) is 1.66. The van der Waals surface area contributed by atoms with E-state index in [1.165, 1.54) is 12.8 Å². The molecule has 0 unspecified atom stereocenters. The number of methoxy groups -OCH3 is 1. The highest BCUT2D eigenvalue weighted by molar-refractivity contribution is 5.46. The molecule has 20 heavy (non-hydrogen) atoms. The third-order valence-corrected chi connectivity index (χ3v) is 3.34. The van der Waals surface area contributed by atoms with Crippen molar-refractivity contribution in [2.24, 2.45) is 0 Å². The van der Waals surface area contributed by atoms with Crippen LogP contribution in [0, 0.1) is 0 Å². The van der Waals surface area contributed by atoms with E-state index in [-0.39, 0.29) is 0 Å². The van der Waals surface area contributed by atoms with Crippen molar-refractivity contribution in [3.63, 3.8) is 0 Å². The molecule has 5 heteroatoms. The summed E-state index contributed by atoms with van der Waals surface area (Å²) in [4.78, 5) is 8.80. The molecule has 0 aliphatic heterocycles. The number of nitrogens with two attached hydrogens (primary N) is 1. The molecule has 2 aromatic rings.